The van der Waals surface area contributed by atoms with Gasteiger partial charge in [0.2, 0.25) is 5.91 Å². The minimum Gasteiger partial charge on any atom is -0.377 e. The Hall–Kier alpha value is -3.40. The van der Waals surface area contributed by atoms with Crippen LogP contribution in [0.4, 0.5) is 8.78 Å². The summed E-state index contributed by atoms with van der Waals surface area (Å²) in [5, 5.41) is 8.02. The van der Waals surface area contributed by atoms with E-state index in [-0.39, 0.29) is 30.4 Å². The molecule has 29 heavy (non-hydrogen) atoms. The third-order valence-corrected chi connectivity index (χ3v) is 4.50. The van der Waals surface area contributed by atoms with Gasteiger partial charge in [-0.15, -0.1) is 0 Å². The van der Waals surface area contributed by atoms with E-state index >= 15 is 0 Å². The molecule has 1 amide bonds. The Labute approximate surface area is 164 Å². The minimum atomic E-state index is -0.744. The van der Waals surface area contributed by atoms with Crippen molar-refractivity contribution in [2.75, 3.05) is 19.8 Å². The molecule has 4 rings (SSSR count). The monoisotopic (exact) mass is 401 g/mol. The van der Waals surface area contributed by atoms with Gasteiger partial charge in [-0.3, -0.25) is 9.48 Å². The van der Waals surface area contributed by atoms with Crippen LogP contribution in [0.2, 0.25) is 0 Å². The van der Waals surface area contributed by atoms with Gasteiger partial charge in [0.1, 0.15) is 17.7 Å². The second-order valence-corrected chi connectivity index (χ2v) is 6.45. The number of morpholine rings is 1. The summed E-state index contributed by atoms with van der Waals surface area (Å²) in [5.74, 6) is -1.37. The molecule has 1 aromatic carbocycles. The first-order valence-corrected chi connectivity index (χ1v) is 8.86. The topological polar surface area (TPSA) is 86.3 Å². The summed E-state index contributed by atoms with van der Waals surface area (Å²) in [7, 11) is 1.76. The average molecular weight is 401 g/mol. The highest BCUT2D eigenvalue weighted by Crippen LogP contribution is 2.25. The molecule has 2 aromatic heterocycles. The number of rotatable bonds is 4. The van der Waals surface area contributed by atoms with Gasteiger partial charge in [0.15, 0.2) is 5.82 Å². The highest BCUT2D eigenvalue weighted by atomic mass is 19.1. The molecule has 1 atom stereocenters. The molecule has 0 bridgehead atoms. The van der Waals surface area contributed by atoms with Gasteiger partial charge >= 0.3 is 0 Å². The zero-order chi connectivity index (χ0) is 20.4. The maximum Gasteiger partial charge on any atom is 0.261 e. The van der Waals surface area contributed by atoms with E-state index in [1.54, 1.807) is 24.1 Å². The van der Waals surface area contributed by atoms with Crippen LogP contribution in [-0.4, -0.2) is 50.5 Å². The molecule has 0 radical (unpaired) electrons. The number of hydrogen-bond donors (Lipinski definition) is 0. The number of hydrogen-bond acceptors (Lipinski definition) is 6. The van der Waals surface area contributed by atoms with E-state index in [0.29, 0.717) is 12.2 Å². The molecule has 3 heterocycles. The predicted molar refractivity (Wildman–Crippen MR) is 97.2 cm³/mol. The van der Waals surface area contributed by atoms with E-state index in [9.17, 15) is 13.6 Å². The van der Waals surface area contributed by atoms with Gasteiger partial charge in [-0.1, -0.05) is 11.2 Å². The summed E-state index contributed by atoms with van der Waals surface area (Å²) in [6, 6.07) is 2.94. The number of nitrogens with zero attached hydrogens (tertiary/aromatic N) is 5. The molecule has 1 aliphatic rings. The molecule has 3 aromatic rings. The Balaban J connectivity index is 1.55. The first kappa shape index (κ1) is 18.9. The Morgan fingerprint density at radius 1 is 1.31 bits per heavy atom. The maximum atomic E-state index is 13.8. The molecular formula is C19H17F2N5O3. The summed E-state index contributed by atoms with van der Waals surface area (Å²) in [5.41, 5.74) is 0.375. The Kier molecular flexibility index (Phi) is 5.17. The summed E-state index contributed by atoms with van der Waals surface area (Å²) >= 11 is 0. The number of halogens is 2. The van der Waals surface area contributed by atoms with Crippen molar-refractivity contribution < 1.29 is 22.8 Å². The predicted octanol–water partition coefficient (Wildman–Crippen LogP) is 2.36. The molecule has 0 saturated carbocycles. The smallest absolute Gasteiger partial charge is 0.261 e. The summed E-state index contributed by atoms with van der Waals surface area (Å²) in [6.07, 6.45) is 5.56. The lowest BCUT2D eigenvalue weighted by Gasteiger charge is -2.32. The lowest BCUT2D eigenvalue weighted by Crippen LogP contribution is -2.43. The maximum absolute atomic E-state index is 13.8. The highest BCUT2D eigenvalue weighted by Gasteiger charge is 2.31. The molecule has 0 N–H and O–H groups in total. The van der Waals surface area contributed by atoms with Crippen LogP contribution in [-0.2, 0) is 16.6 Å². The Morgan fingerprint density at radius 3 is 2.83 bits per heavy atom. The fraction of sp³-hybridized carbons (Fsp3) is 0.263. The van der Waals surface area contributed by atoms with Crippen molar-refractivity contribution in [2.24, 2.45) is 7.05 Å². The summed E-state index contributed by atoms with van der Waals surface area (Å²) < 4.78 is 39.9. The van der Waals surface area contributed by atoms with Crippen molar-refractivity contribution >= 4 is 12.0 Å². The van der Waals surface area contributed by atoms with E-state index in [4.69, 9.17) is 9.26 Å². The van der Waals surface area contributed by atoms with E-state index in [1.807, 2.05) is 0 Å². The molecule has 1 unspecified atom stereocenters. The third-order valence-electron chi connectivity index (χ3n) is 4.50. The molecular weight excluding hydrogens is 384 g/mol. The standard InChI is InChI=1S/C19H17F2N5O3/c1-25-10-12(9-22-25)19-23-18(24-29-19)16-11-28-8-7-26(16)17(27)6-5-13-14(20)3-2-4-15(13)21/h2-6,9-10,16H,7-8,11H2,1H3. The normalized spacial score (nSPS) is 17.2. The molecule has 150 valence electrons. The van der Waals surface area contributed by atoms with E-state index < -0.39 is 23.6 Å². The average Bonchev–Trinajstić information content (AvgIpc) is 3.36. The van der Waals surface area contributed by atoms with Crippen LogP contribution in [0.5, 0.6) is 0 Å². The van der Waals surface area contributed by atoms with Crippen LogP contribution in [0, 0.1) is 11.6 Å². The van der Waals surface area contributed by atoms with Crippen molar-refractivity contribution in [2.45, 2.75) is 6.04 Å². The fourth-order valence-corrected chi connectivity index (χ4v) is 3.02. The van der Waals surface area contributed by atoms with Crippen molar-refractivity contribution in [3.05, 3.63) is 59.7 Å². The SMILES string of the molecule is Cn1cc(-c2nc(C3COCCN3C(=O)C=Cc3c(F)cccc3F)no2)cn1. The minimum absolute atomic E-state index is 0.180. The van der Waals surface area contributed by atoms with Gasteiger partial charge in [0.05, 0.1) is 25.0 Å². The Bertz CT molecular complexity index is 1040. The van der Waals surface area contributed by atoms with Crippen LogP contribution in [0.25, 0.3) is 17.5 Å². The first-order valence-electron chi connectivity index (χ1n) is 8.86. The molecule has 1 fully saturated rings. The van der Waals surface area contributed by atoms with Gasteiger partial charge in [-0.05, 0) is 18.2 Å². The zero-order valence-electron chi connectivity index (χ0n) is 15.5. The fourth-order valence-electron chi connectivity index (χ4n) is 3.02. The van der Waals surface area contributed by atoms with E-state index in [2.05, 4.69) is 15.2 Å². The van der Waals surface area contributed by atoms with Crippen molar-refractivity contribution in [1.29, 1.82) is 0 Å². The van der Waals surface area contributed by atoms with Crippen molar-refractivity contribution in [3.63, 3.8) is 0 Å². The van der Waals surface area contributed by atoms with Gasteiger partial charge in [0, 0.05) is 31.4 Å². The highest BCUT2D eigenvalue weighted by molar-refractivity contribution is 5.92. The number of ether oxygens (including phenoxy) is 1. The number of carbonyl (C=O) groups excluding carboxylic acids is 1. The lowest BCUT2D eigenvalue weighted by molar-refractivity contribution is -0.135. The van der Waals surface area contributed by atoms with E-state index in [0.717, 1.165) is 24.3 Å². The van der Waals surface area contributed by atoms with Gasteiger partial charge in [0.25, 0.3) is 5.89 Å². The number of aryl methyl sites for hydroxylation is 1. The molecule has 8 nitrogen and oxygen atoms in total. The molecule has 0 aliphatic carbocycles. The van der Waals surface area contributed by atoms with Gasteiger partial charge < -0.3 is 14.2 Å². The van der Waals surface area contributed by atoms with Gasteiger partial charge in [-0.25, -0.2) is 8.78 Å². The zero-order valence-corrected chi connectivity index (χ0v) is 15.5. The summed E-state index contributed by atoms with van der Waals surface area (Å²) in [4.78, 5) is 18.5. The molecule has 1 saturated heterocycles. The van der Waals surface area contributed by atoms with Crippen LogP contribution >= 0.6 is 0 Å². The lowest BCUT2D eigenvalue weighted by atomic mass is 10.1. The molecule has 10 heteroatoms. The second kappa shape index (κ2) is 7.92. The number of amides is 1. The largest absolute Gasteiger partial charge is 0.377 e. The van der Waals surface area contributed by atoms with Crippen molar-refractivity contribution in [1.82, 2.24) is 24.8 Å². The Morgan fingerprint density at radius 2 is 2.10 bits per heavy atom. The number of benzene rings is 1. The molecule has 0 spiro atoms. The van der Waals surface area contributed by atoms with E-state index in [1.165, 1.54) is 11.0 Å². The first-order chi connectivity index (χ1) is 14.0. The quantitative estimate of drug-likeness (QED) is 0.624. The second-order valence-electron chi connectivity index (χ2n) is 6.45. The van der Waals surface area contributed by atoms with Crippen LogP contribution in [0.15, 0.2) is 41.2 Å². The number of carbonyl (C=O) groups is 1. The van der Waals surface area contributed by atoms with Crippen LogP contribution in [0.1, 0.15) is 17.4 Å². The number of aromatic nitrogens is 4. The molecule has 1 aliphatic heterocycles. The van der Waals surface area contributed by atoms with Crippen molar-refractivity contribution in [3.8, 4) is 11.5 Å². The van der Waals surface area contributed by atoms with Gasteiger partial charge in [-0.2, -0.15) is 10.1 Å². The van der Waals surface area contributed by atoms with Crippen LogP contribution in [0.3, 0.4) is 0 Å². The van der Waals surface area contributed by atoms with Crippen LogP contribution < -0.4 is 0 Å². The third kappa shape index (κ3) is 3.92. The summed E-state index contributed by atoms with van der Waals surface area (Å²) in [6.45, 7) is 0.793.